The molecule has 0 unspecified atom stereocenters. The van der Waals surface area contributed by atoms with Gasteiger partial charge < -0.3 is 5.11 Å². The first kappa shape index (κ1) is 15.4. The summed E-state index contributed by atoms with van der Waals surface area (Å²) in [5.41, 5.74) is 1.93. The number of phenols is 1. The number of halogens is 1. The van der Waals surface area contributed by atoms with Crippen LogP contribution in [-0.4, -0.2) is 5.11 Å². The fourth-order valence-corrected chi connectivity index (χ4v) is 2.77. The molecule has 0 aliphatic carbocycles. The van der Waals surface area contributed by atoms with Crippen molar-refractivity contribution in [3.8, 4) is 5.75 Å². The number of rotatable bonds is 4. The molecule has 0 radical (unpaired) electrons. The minimum absolute atomic E-state index is 0.0311. The molecule has 0 saturated heterocycles. The number of phenolic OH excluding ortho intramolecular Hbond substituents is 1. The van der Waals surface area contributed by atoms with Gasteiger partial charge in [-0.2, -0.15) is 0 Å². The van der Waals surface area contributed by atoms with Crippen molar-refractivity contribution < 1.29 is 5.11 Å². The fraction of sp³-hybridized carbons (Fsp3) is 0.625. The quantitative estimate of drug-likeness (QED) is 0.773. The molecule has 2 heteroatoms. The van der Waals surface area contributed by atoms with Crippen LogP contribution in [0.2, 0.25) is 5.02 Å². The average Bonchev–Trinajstić information content (AvgIpc) is 2.28. The minimum Gasteiger partial charge on any atom is -0.508 e. The predicted octanol–water partition coefficient (Wildman–Crippen LogP) is 5.42. The van der Waals surface area contributed by atoms with Gasteiger partial charge >= 0.3 is 0 Å². The summed E-state index contributed by atoms with van der Waals surface area (Å²) in [6.45, 7) is 12.9. The Bertz CT molecular complexity index is 433. The van der Waals surface area contributed by atoms with Gasteiger partial charge in [0.25, 0.3) is 0 Å². The molecule has 0 bridgehead atoms. The average molecular weight is 269 g/mol. The van der Waals surface area contributed by atoms with Crippen LogP contribution in [-0.2, 0) is 10.8 Å². The van der Waals surface area contributed by atoms with E-state index in [2.05, 4.69) is 41.5 Å². The summed E-state index contributed by atoms with van der Waals surface area (Å²) in [6.07, 6.45) is 1.96. The van der Waals surface area contributed by atoms with E-state index in [0.717, 1.165) is 29.0 Å². The molecular formula is C16H25ClO. The summed E-state index contributed by atoms with van der Waals surface area (Å²) < 4.78 is 0. The molecule has 18 heavy (non-hydrogen) atoms. The van der Waals surface area contributed by atoms with Gasteiger partial charge in [0, 0.05) is 5.56 Å². The first-order valence-corrected chi connectivity index (χ1v) is 7.07. The van der Waals surface area contributed by atoms with Crippen LogP contribution in [0.25, 0.3) is 0 Å². The van der Waals surface area contributed by atoms with Crippen molar-refractivity contribution in [3.63, 3.8) is 0 Å². The molecular weight excluding hydrogens is 244 g/mol. The third-order valence-electron chi connectivity index (χ3n) is 4.29. The normalized spacial score (nSPS) is 12.8. The van der Waals surface area contributed by atoms with Crippen LogP contribution in [0.4, 0.5) is 0 Å². The lowest BCUT2D eigenvalue weighted by atomic mass is 9.76. The number of hydrogen-bond acceptors (Lipinski definition) is 1. The largest absolute Gasteiger partial charge is 0.508 e. The third-order valence-corrected chi connectivity index (χ3v) is 4.69. The van der Waals surface area contributed by atoms with E-state index >= 15 is 0 Å². The Labute approximate surface area is 116 Å². The first-order chi connectivity index (χ1) is 8.17. The van der Waals surface area contributed by atoms with E-state index < -0.39 is 0 Å². The zero-order valence-electron chi connectivity index (χ0n) is 12.4. The van der Waals surface area contributed by atoms with Crippen LogP contribution in [0.1, 0.15) is 65.5 Å². The van der Waals surface area contributed by atoms with Crippen molar-refractivity contribution >= 4 is 11.6 Å². The van der Waals surface area contributed by atoms with Crippen molar-refractivity contribution in [3.05, 3.63) is 28.3 Å². The molecule has 0 aromatic heterocycles. The van der Waals surface area contributed by atoms with Crippen LogP contribution in [0, 0.1) is 0 Å². The van der Waals surface area contributed by atoms with E-state index in [1.807, 2.05) is 6.07 Å². The molecule has 102 valence electrons. The Hall–Kier alpha value is -0.690. The van der Waals surface area contributed by atoms with Gasteiger partial charge in [-0.3, -0.25) is 0 Å². The molecule has 1 aromatic carbocycles. The molecule has 1 aromatic rings. The van der Waals surface area contributed by atoms with Crippen LogP contribution >= 0.6 is 11.6 Å². The van der Waals surface area contributed by atoms with Crippen LogP contribution in [0.5, 0.6) is 5.75 Å². The molecule has 0 aliphatic heterocycles. The zero-order valence-corrected chi connectivity index (χ0v) is 13.2. The van der Waals surface area contributed by atoms with Gasteiger partial charge in [0.05, 0.1) is 5.02 Å². The van der Waals surface area contributed by atoms with Crippen LogP contribution in [0.15, 0.2) is 12.1 Å². The summed E-state index contributed by atoms with van der Waals surface area (Å²) in [5, 5.41) is 10.9. The van der Waals surface area contributed by atoms with Gasteiger partial charge in [-0.1, -0.05) is 59.2 Å². The number of hydrogen-bond donors (Lipinski definition) is 1. The monoisotopic (exact) mass is 268 g/mol. The molecule has 0 spiro atoms. The molecule has 1 N–H and O–H groups in total. The minimum atomic E-state index is -0.110. The molecule has 1 rings (SSSR count). The molecule has 0 fully saturated rings. The van der Waals surface area contributed by atoms with Gasteiger partial charge in [0.2, 0.25) is 0 Å². The highest BCUT2D eigenvalue weighted by Crippen LogP contribution is 2.44. The topological polar surface area (TPSA) is 20.2 Å². The Morgan fingerprint density at radius 2 is 1.50 bits per heavy atom. The van der Waals surface area contributed by atoms with Crippen LogP contribution in [0.3, 0.4) is 0 Å². The summed E-state index contributed by atoms with van der Waals surface area (Å²) in [7, 11) is 0. The highest BCUT2D eigenvalue weighted by atomic mass is 35.5. The molecule has 0 amide bonds. The Morgan fingerprint density at radius 1 is 1.00 bits per heavy atom. The van der Waals surface area contributed by atoms with Gasteiger partial charge in [-0.15, -0.1) is 0 Å². The predicted molar refractivity (Wildman–Crippen MR) is 79.8 cm³/mol. The second kappa shape index (κ2) is 5.13. The van der Waals surface area contributed by atoms with E-state index in [-0.39, 0.29) is 10.8 Å². The molecule has 0 atom stereocenters. The van der Waals surface area contributed by atoms with Gasteiger partial charge in [-0.25, -0.2) is 0 Å². The molecule has 0 aliphatic rings. The lowest BCUT2D eigenvalue weighted by molar-refractivity contribution is 0.425. The van der Waals surface area contributed by atoms with E-state index in [9.17, 15) is 5.11 Å². The molecule has 0 heterocycles. The van der Waals surface area contributed by atoms with Gasteiger partial charge in [0.1, 0.15) is 5.75 Å². The van der Waals surface area contributed by atoms with Crippen LogP contribution < -0.4 is 0 Å². The standard InChI is InChI=1S/C16H25ClO/c1-7-15(3,4)11-9-10-12(18)13(14(11)17)16(5,6)8-2/h9-10,18H,7-8H2,1-6H3. The van der Waals surface area contributed by atoms with Crippen molar-refractivity contribution in [1.29, 1.82) is 0 Å². The summed E-state index contributed by atoms with van der Waals surface area (Å²) >= 11 is 6.58. The summed E-state index contributed by atoms with van der Waals surface area (Å²) in [4.78, 5) is 0. The fourth-order valence-electron chi connectivity index (χ4n) is 2.10. The third kappa shape index (κ3) is 2.66. The molecule has 0 saturated carbocycles. The van der Waals surface area contributed by atoms with Crippen molar-refractivity contribution in [2.45, 2.75) is 65.2 Å². The second-order valence-corrected chi connectivity index (χ2v) is 6.67. The van der Waals surface area contributed by atoms with Crippen molar-refractivity contribution in [2.24, 2.45) is 0 Å². The maximum absolute atomic E-state index is 10.1. The van der Waals surface area contributed by atoms with E-state index in [4.69, 9.17) is 11.6 Å². The van der Waals surface area contributed by atoms with Gasteiger partial charge in [-0.05, 0) is 35.3 Å². The van der Waals surface area contributed by atoms with E-state index in [1.165, 1.54) is 0 Å². The first-order valence-electron chi connectivity index (χ1n) is 6.69. The Kier molecular flexibility index (Phi) is 4.38. The van der Waals surface area contributed by atoms with E-state index in [1.54, 1.807) is 6.07 Å². The SMILES string of the molecule is CCC(C)(C)c1ccc(O)c(C(C)(C)CC)c1Cl. The lowest BCUT2D eigenvalue weighted by Crippen LogP contribution is -2.21. The number of aromatic hydroxyl groups is 1. The summed E-state index contributed by atoms with van der Waals surface area (Å²) in [5.74, 6) is 0.308. The number of benzene rings is 1. The van der Waals surface area contributed by atoms with Crippen molar-refractivity contribution in [1.82, 2.24) is 0 Å². The zero-order chi connectivity index (χ0) is 14.1. The van der Waals surface area contributed by atoms with Gasteiger partial charge in [0.15, 0.2) is 0 Å². The maximum atomic E-state index is 10.1. The maximum Gasteiger partial charge on any atom is 0.120 e. The molecule has 1 nitrogen and oxygen atoms in total. The highest BCUT2D eigenvalue weighted by molar-refractivity contribution is 6.32. The lowest BCUT2D eigenvalue weighted by Gasteiger charge is -2.31. The van der Waals surface area contributed by atoms with E-state index in [0.29, 0.717) is 5.75 Å². The summed E-state index contributed by atoms with van der Waals surface area (Å²) in [6, 6.07) is 3.74. The smallest absolute Gasteiger partial charge is 0.120 e. The second-order valence-electron chi connectivity index (χ2n) is 6.30. The Balaban J connectivity index is 3.51. The Morgan fingerprint density at radius 3 is 1.94 bits per heavy atom. The highest BCUT2D eigenvalue weighted by Gasteiger charge is 2.30. The van der Waals surface area contributed by atoms with Crippen molar-refractivity contribution in [2.75, 3.05) is 0 Å².